The molecule has 0 bridgehead atoms. The number of hydrogen-bond acceptors (Lipinski definition) is 3. The van der Waals surface area contributed by atoms with E-state index in [4.69, 9.17) is 4.74 Å². The normalized spacial score (nSPS) is 30.2. The van der Waals surface area contributed by atoms with E-state index in [1.807, 2.05) is 0 Å². The molecule has 2 fully saturated rings. The fourth-order valence-electron chi connectivity index (χ4n) is 2.94. The molecule has 2 unspecified atom stereocenters. The number of rotatable bonds is 6. The zero-order valence-electron chi connectivity index (χ0n) is 11.6. The van der Waals surface area contributed by atoms with Crippen molar-refractivity contribution in [1.29, 1.82) is 0 Å². The maximum absolute atomic E-state index is 5.65. The lowest BCUT2D eigenvalue weighted by atomic mass is 9.95. The van der Waals surface area contributed by atoms with E-state index in [0.29, 0.717) is 12.0 Å². The first kappa shape index (κ1) is 13.3. The maximum Gasteiger partial charge on any atom is 0.0521 e. The molecule has 2 aliphatic rings. The highest BCUT2D eigenvalue weighted by molar-refractivity contribution is 4.89. The highest BCUT2D eigenvalue weighted by atomic mass is 16.5. The van der Waals surface area contributed by atoms with Crippen LogP contribution in [-0.4, -0.2) is 50.3 Å². The standard InChI is InChI=1S/C14H28N2O/c1-11(2)8-16(13-4-5-13)9-12-10-17-7-6-14(12)15-3/h11-15H,4-10H2,1-3H3. The van der Waals surface area contributed by atoms with Crippen LogP contribution in [0, 0.1) is 11.8 Å². The average Bonchev–Trinajstić information content (AvgIpc) is 3.12. The van der Waals surface area contributed by atoms with Gasteiger partial charge in [-0.15, -0.1) is 0 Å². The van der Waals surface area contributed by atoms with E-state index in [1.165, 1.54) is 32.4 Å². The number of nitrogens with one attached hydrogen (secondary N) is 1. The van der Waals surface area contributed by atoms with Crippen LogP contribution in [-0.2, 0) is 4.74 Å². The maximum atomic E-state index is 5.65. The van der Waals surface area contributed by atoms with Gasteiger partial charge in [0.15, 0.2) is 0 Å². The van der Waals surface area contributed by atoms with Crippen LogP contribution in [0.15, 0.2) is 0 Å². The molecule has 100 valence electrons. The lowest BCUT2D eigenvalue weighted by molar-refractivity contribution is 0.0156. The van der Waals surface area contributed by atoms with Crippen LogP contribution >= 0.6 is 0 Å². The second-order valence-electron chi connectivity index (χ2n) is 6.10. The minimum absolute atomic E-state index is 0.650. The molecule has 17 heavy (non-hydrogen) atoms. The van der Waals surface area contributed by atoms with Gasteiger partial charge in [-0.05, 0) is 32.2 Å². The molecule has 3 nitrogen and oxygen atoms in total. The third-order valence-corrected chi connectivity index (χ3v) is 3.98. The molecule has 2 rings (SSSR count). The second-order valence-corrected chi connectivity index (χ2v) is 6.10. The van der Waals surface area contributed by atoms with Crippen LogP contribution in [0.1, 0.15) is 33.1 Å². The van der Waals surface area contributed by atoms with Gasteiger partial charge in [0.25, 0.3) is 0 Å². The highest BCUT2D eigenvalue weighted by Crippen LogP contribution is 2.29. The van der Waals surface area contributed by atoms with Crippen molar-refractivity contribution in [3.05, 3.63) is 0 Å². The molecule has 1 saturated carbocycles. The molecule has 0 aromatic carbocycles. The minimum atomic E-state index is 0.650. The summed E-state index contributed by atoms with van der Waals surface area (Å²) in [5.74, 6) is 1.45. The van der Waals surface area contributed by atoms with Crippen LogP contribution in [0.3, 0.4) is 0 Å². The Balaban J connectivity index is 1.86. The topological polar surface area (TPSA) is 24.5 Å². The summed E-state index contributed by atoms with van der Waals surface area (Å²) in [6.45, 7) is 8.97. The van der Waals surface area contributed by atoms with E-state index >= 15 is 0 Å². The van der Waals surface area contributed by atoms with Crippen molar-refractivity contribution < 1.29 is 4.74 Å². The first-order valence-corrected chi connectivity index (χ1v) is 7.19. The van der Waals surface area contributed by atoms with Gasteiger partial charge in [0.1, 0.15) is 0 Å². The monoisotopic (exact) mass is 240 g/mol. The molecular weight excluding hydrogens is 212 g/mol. The van der Waals surface area contributed by atoms with Gasteiger partial charge in [0, 0.05) is 37.7 Å². The van der Waals surface area contributed by atoms with Gasteiger partial charge >= 0.3 is 0 Å². The van der Waals surface area contributed by atoms with Gasteiger partial charge < -0.3 is 10.1 Å². The Morgan fingerprint density at radius 3 is 2.65 bits per heavy atom. The number of hydrogen-bond donors (Lipinski definition) is 1. The summed E-state index contributed by atoms with van der Waals surface area (Å²) in [5.41, 5.74) is 0. The van der Waals surface area contributed by atoms with Crippen LogP contribution in [0.25, 0.3) is 0 Å². The Hall–Kier alpha value is -0.120. The first-order chi connectivity index (χ1) is 8.20. The summed E-state index contributed by atoms with van der Waals surface area (Å²) in [6.07, 6.45) is 3.98. The van der Waals surface area contributed by atoms with Gasteiger partial charge in [0.2, 0.25) is 0 Å². The summed E-state index contributed by atoms with van der Waals surface area (Å²) in [7, 11) is 2.09. The fraction of sp³-hybridized carbons (Fsp3) is 1.00. The van der Waals surface area contributed by atoms with Crippen molar-refractivity contribution in [1.82, 2.24) is 10.2 Å². The molecule has 0 aromatic heterocycles. The predicted molar refractivity (Wildman–Crippen MR) is 71.2 cm³/mol. The van der Waals surface area contributed by atoms with Crippen molar-refractivity contribution >= 4 is 0 Å². The lowest BCUT2D eigenvalue weighted by Gasteiger charge is -2.36. The summed E-state index contributed by atoms with van der Waals surface area (Å²) >= 11 is 0. The molecule has 1 aliphatic carbocycles. The summed E-state index contributed by atoms with van der Waals surface area (Å²) in [4.78, 5) is 2.70. The summed E-state index contributed by atoms with van der Waals surface area (Å²) < 4.78 is 5.65. The predicted octanol–water partition coefficient (Wildman–Crippen LogP) is 1.73. The van der Waals surface area contributed by atoms with E-state index < -0.39 is 0 Å². The van der Waals surface area contributed by atoms with Crippen LogP contribution < -0.4 is 5.32 Å². The third kappa shape index (κ3) is 3.94. The van der Waals surface area contributed by atoms with E-state index in [9.17, 15) is 0 Å². The quantitative estimate of drug-likeness (QED) is 0.765. The molecule has 1 saturated heterocycles. The largest absolute Gasteiger partial charge is 0.381 e. The molecule has 1 aliphatic heterocycles. The van der Waals surface area contributed by atoms with E-state index in [2.05, 4.69) is 31.1 Å². The van der Waals surface area contributed by atoms with Crippen molar-refractivity contribution in [2.45, 2.75) is 45.2 Å². The van der Waals surface area contributed by atoms with Gasteiger partial charge in [-0.1, -0.05) is 13.8 Å². The van der Waals surface area contributed by atoms with Gasteiger partial charge in [-0.25, -0.2) is 0 Å². The van der Waals surface area contributed by atoms with Crippen LogP contribution in [0.2, 0.25) is 0 Å². The zero-order chi connectivity index (χ0) is 12.3. The Bertz CT molecular complexity index is 228. The highest BCUT2D eigenvalue weighted by Gasteiger charge is 2.33. The molecular formula is C14H28N2O. The first-order valence-electron chi connectivity index (χ1n) is 7.19. The van der Waals surface area contributed by atoms with Gasteiger partial charge in [0.05, 0.1) is 6.61 Å². The van der Waals surface area contributed by atoms with Crippen LogP contribution in [0.5, 0.6) is 0 Å². The molecule has 1 heterocycles. The van der Waals surface area contributed by atoms with Crippen LogP contribution in [0.4, 0.5) is 0 Å². The molecule has 3 heteroatoms. The molecule has 0 aromatic rings. The second kappa shape index (κ2) is 6.17. The van der Waals surface area contributed by atoms with Crippen molar-refractivity contribution in [3.63, 3.8) is 0 Å². The molecule has 0 spiro atoms. The average molecular weight is 240 g/mol. The minimum Gasteiger partial charge on any atom is -0.381 e. The van der Waals surface area contributed by atoms with Crippen molar-refractivity contribution in [2.75, 3.05) is 33.4 Å². The molecule has 1 N–H and O–H groups in total. The SMILES string of the molecule is CNC1CCOCC1CN(CC(C)C)C1CC1. The Morgan fingerprint density at radius 1 is 1.29 bits per heavy atom. The van der Waals surface area contributed by atoms with Crippen molar-refractivity contribution in [2.24, 2.45) is 11.8 Å². The Morgan fingerprint density at radius 2 is 2.06 bits per heavy atom. The summed E-state index contributed by atoms with van der Waals surface area (Å²) in [5, 5.41) is 3.47. The Kier molecular flexibility index (Phi) is 4.83. The lowest BCUT2D eigenvalue weighted by Crippen LogP contribution is -2.47. The van der Waals surface area contributed by atoms with Gasteiger partial charge in [-0.3, -0.25) is 4.90 Å². The molecule has 0 radical (unpaired) electrons. The molecule has 2 atom stereocenters. The Labute approximate surface area is 106 Å². The summed E-state index contributed by atoms with van der Waals surface area (Å²) in [6, 6.07) is 1.52. The van der Waals surface area contributed by atoms with Crippen molar-refractivity contribution in [3.8, 4) is 0 Å². The van der Waals surface area contributed by atoms with E-state index in [-0.39, 0.29) is 0 Å². The van der Waals surface area contributed by atoms with E-state index in [1.54, 1.807) is 0 Å². The smallest absolute Gasteiger partial charge is 0.0521 e. The van der Waals surface area contributed by atoms with Gasteiger partial charge in [-0.2, -0.15) is 0 Å². The number of ether oxygens (including phenoxy) is 1. The number of nitrogens with zero attached hydrogens (tertiary/aromatic N) is 1. The van der Waals surface area contributed by atoms with E-state index in [0.717, 1.165) is 25.2 Å². The molecule has 0 amide bonds. The zero-order valence-corrected chi connectivity index (χ0v) is 11.6. The third-order valence-electron chi connectivity index (χ3n) is 3.98. The fourth-order valence-corrected chi connectivity index (χ4v) is 2.94.